The molecule has 1 saturated heterocycles. The molecule has 1 aromatic rings. The lowest BCUT2D eigenvalue weighted by Crippen LogP contribution is -2.32. The number of anilines is 1. The first-order valence-electron chi connectivity index (χ1n) is 4.90. The largest absolute Gasteiger partial charge is 0.391 e. The van der Waals surface area contributed by atoms with Gasteiger partial charge in [-0.1, -0.05) is 0 Å². The average Bonchev–Trinajstić information content (AvgIpc) is 2.75. The van der Waals surface area contributed by atoms with Crippen molar-refractivity contribution in [1.29, 1.82) is 0 Å². The minimum atomic E-state index is -0.378. The molecule has 0 radical (unpaired) electrons. The van der Waals surface area contributed by atoms with Crippen LogP contribution in [0.1, 0.15) is 6.42 Å². The van der Waals surface area contributed by atoms with E-state index < -0.39 is 0 Å². The van der Waals surface area contributed by atoms with E-state index >= 15 is 0 Å². The van der Waals surface area contributed by atoms with Crippen molar-refractivity contribution < 1.29 is 9.90 Å². The van der Waals surface area contributed by atoms with E-state index in [0.29, 0.717) is 25.3 Å². The lowest BCUT2D eigenvalue weighted by molar-refractivity contribution is -0.131. The molecular formula is C9H14N4O2. The van der Waals surface area contributed by atoms with Crippen molar-refractivity contribution in [2.45, 2.75) is 19.1 Å². The van der Waals surface area contributed by atoms with E-state index in [2.05, 4.69) is 5.10 Å². The summed E-state index contributed by atoms with van der Waals surface area (Å²) in [5, 5.41) is 13.2. The van der Waals surface area contributed by atoms with Crippen molar-refractivity contribution in [2.24, 2.45) is 0 Å². The van der Waals surface area contributed by atoms with Gasteiger partial charge in [0.1, 0.15) is 12.4 Å². The maximum Gasteiger partial charge on any atom is 0.244 e. The lowest BCUT2D eigenvalue weighted by atomic mass is 10.3. The predicted octanol–water partition coefficient (Wildman–Crippen LogP) is -0.942. The van der Waals surface area contributed by atoms with Crippen molar-refractivity contribution in [3.8, 4) is 0 Å². The zero-order valence-electron chi connectivity index (χ0n) is 8.33. The van der Waals surface area contributed by atoms with Crippen LogP contribution in [0.3, 0.4) is 0 Å². The Balaban J connectivity index is 1.92. The quantitative estimate of drug-likeness (QED) is 0.659. The fourth-order valence-electron chi connectivity index (χ4n) is 1.67. The van der Waals surface area contributed by atoms with Crippen molar-refractivity contribution in [3.05, 3.63) is 12.3 Å². The van der Waals surface area contributed by atoms with Gasteiger partial charge in [0.2, 0.25) is 5.91 Å². The lowest BCUT2D eigenvalue weighted by Gasteiger charge is -2.15. The number of likely N-dealkylation sites (tertiary alicyclic amines) is 1. The molecule has 0 spiro atoms. The number of hydrogen-bond acceptors (Lipinski definition) is 4. The second-order valence-corrected chi connectivity index (χ2v) is 3.72. The smallest absolute Gasteiger partial charge is 0.244 e. The number of carbonyl (C=O) groups excluding carboxylic acids is 1. The molecular weight excluding hydrogens is 196 g/mol. The predicted molar refractivity (Wildman–Crippen MR) is 53.8 cm³/mol. The van der Waals surface area contributed by atoms with Crippen molar-refractivity contribution in [3.63, 3.8) is 0 Å². The number of aliphatic hydroxyl groups is 1. The van der Waals surface area contributed by atoms with Crippen LogP contribution in [0.15, 0.2) is 12.3 Å². The van der Waals surface area contributed by atoms with Crippen molar-refractivity contribution in [2.75, 3.05) is 18.8 Å². The molecule has 1 fully saturated rings. The molecule has 1 aliphatic heterocycles. The third kappa shape index (κ3) is 2.27. The van der Waals surface area contributed by atoms with E-state index in [4.69, 9.17) is 5.73 Å². The maximum atomic E-state index is 11.7. The van der Waals surface area contributed by atoms with Crippen LogP contribution in [-0.4, -0.2) is 44.9 Å². The van der Waals surface area contributed by atoms with E-state index in [1.807, 2.05) is 0 Å². The number of rotatable bonds is 2. The second kappa shape index (κ2) is 3.90. The van der Waals surface area contributed by atoms with Gasteiger partial charge in [-0.25, -0.2) is 0 Å². The SMILES string of the molecule is Nc1ccn(CC(=O)N2CC[C@H](O)C2)n1. The Morgan fingerprint density at radius 1 is 1.73 bits per heavy atom. The Morgan fingerprint density at radius 3 is 3.07 bits per heavy atom. The van der Waals surface area contributed by atoms with Gasteiger partial charge in [0.15, 0.2) is 0 Å². The molecule has 1 atom stereocenters. The Kier molecular flexibility index (Phi) is 2.59. The van der Waals surface area contributed by atoms with Crippen LogP contribution in [0.25, 0.3) is 0 Å². The van der Waals surface area contributed by atoms with E-state index in [9.17, 15) is 9.90 Å². The summed E-state index contributed by atoms with van der Waals surface area (Å²) >= 11 is 0. The number of β-amino-alcohol motifs (C(OH)–C–C–N with tert-alkyl or cyclic N) is 1. The normalized spacial score (nSPS) is 20.9. The molecule has 1 aromatic heterocycles. The number of aromatic nitrogens is 2. The monoisotopic (exact) mass is 210 g/mol. The first-order chi connectivity index (χ1) is 7.15. The summed E-state index contributed by atoms with van der Waals surface area (Å²) in [7, 11) is 0. The molecule has 1 aliphatic rings. The Labute approximate surface area is 87.3 Å². The van der Waals surface area contributed by atoms with E-state index in [0.717, 1.165) is 0 Å². The molecule has 2 heterocycles. The van der Waals surface area contributed by atoms with Gasteiger partial charge in [-0.05, 0) is 12.5 Å². The zero-order chi connectivity index (χ0) is 10.8. The highest BCUT2D eigenvalue weighted by Crippen LogP contribution is 2.09. The first-order valence-corrected chi connectivity index (χ1v) is 4.90. The molecule has 3 N–H and O–H groups in total. The number of nitrogens with two attached hydrogens (primary N) is 1. The summed E-state index contributed by atoms with van der Waals surface area (Å²) in [6.07, 6.45) is 1.95. The molecule has 6 nitrogen and oxygen atoms in total. The number of nitrogens with zero attached hydrogens (tertiary/aromatic N) is 3. The minimum absolute atomic E-state index is 0.0327. The number of aliphatic hydroxyl groups excluding tert-OH is 1. The average molecular weight is 210 g/mol. The van der Waals surface area contributed by atoms with Crippen LogP contribution in [-0.2, 0) is 11.3 Å². The van der Waals surface area contributed by atoms with Gasteiger partial charge in [0, 0.05) is 19.3 Å². The summed E-state index contributed by atoms with van der Waals surface area (Å²) < 4.78 is 1.50. The molecule has 0 unspecified atom stereocenters. The molecule has 0 saturated carbocycles. The van der Waals surface area contributed by atoms with Crippen molar-refractivity contribution >= 4 is 11.7 Å². The molecule has 0 bridgehead atoms. The van der Waals surface area contributed by atoms with E-state index in [1.54, 1.807) is 17.2 Å². The Morgan fingerprint density at radius 2 is 2.53 bits per heavy atom. The Bertz CT molecular complexity index is 363. The topological polar surface area (TPSA) is 84.4 Å². The first kappa shape index (κ1) is 9.97. The van der Waals surface area contributed by atoms with Gasteiger partial charge in [-0.15, -0.1) is 0 Å². The fourth-order valence-corrected chi connectivity index (χ4v) is 1.67. The second-order valence-electron chi connectivity index (χ2n) is 3.72. The summed E-state index contributed by atoms with van der Waals surface area (Å²) in [6, 6.07) is 1.64. The van der Waals surface area contributed by atoms with Crippen LogP contribution in [0.2, 0.25) is 0 Å². The third-order valence-electron chi connectivity index (χ3n) is 2.47. The van der Waals surface area contributed by atoms with Gasteiger partial charge in [0.05, 0.1) is 6.10 Å². The summed E-state index contributed by atoms with van der Waals surface area (Å²) in [5.74, 6) is 0.374. The molecule has 0 aromatic carbocycles. The van der Waals surface area contributed by atoms with Crippen LogP contribution >= 0.6 is 0 Å². The van der Waals surface area contributed by atoms with Gasteiger partial charge < -0.3 is 15.7 Å². The zero-order valence-corrected chi connectivity index (χ0v) is 8.33. The number of carbonyl (C=O) groups is 1. The molecule has 82 valence electrons. The minimum Gasteiger partial charge on any atom is -0.391 e. The van der Waals surface area contributed by atoms with Crippen LogP contribution in [0.5, 0.6) is 0 Å². The summed E-state index contributed by atoms with van der Waals surface area (Å²) in [4.78, 5) is 13.3. The fraction of sp³-hybridized carbons (Fsp3) is 0.556. The van der Waals surface area contributed by atoms with Crippen LogP contribution in [0.4, 0.5) is 5.82 Å². The maximum absolute atomic E-state index is 11.7. The summed E-state index contributed by atoms with van der Waals surface area (Å²) in [6.45, 7) is 1.23. The van der Waals surface area contributed by atoms with Gasteiger partial charge in [-0.3, -0.25) is 9.48 Å². The standard InChI is InChI=1S/C9H14N4O2/c10-8-2-4-13(11-8)6-9(15)12-3-1-7(14)5-12/h2,4,7,14H,1,3,5-6H2,(H2,10,11)/t7-/m0/s1. The van der Waals surface area contributed by atoms with E-state index in [1.165, 1.54) is 4.68 Å². The summed E-state index contributed by atoms with van der Waals surface area (Å²) in [5.41, 5.74) is 5.43. The molecule has 2 rings (SSSR count). The highest BCUT2D eigenvalue weighted by Gasteiger charge is 2.24. The number of hydrogen-bond donors (Lipinski definition) is 2. The van der Waals surface area contributed by atoms with Crippen molar-refractivity contribution in [1.82, 2.24) is 14.7 Å². The third-order valence-corrected chi connectivity index (χ3v) is 2.47. The number of amides is 1. The van der Waals surface area contributed by atoms with E-state index in [-0.39, 0.29) is 18.6 Å². The van der Waals surface area contributed by atoms with Gasteiger partial charge >= 0.3 is 0 Å². The van der Waals surface area contributed by atoms with Crippen LogP contribution < -0.4 is 5.73 Å². The van der Waals surface area contributed by atoms with Gasteiger partial charge in [-0.2, -0.15) is 5.10 Å². The molecule has 15 heavy (non-hydrogen) atoms. The highest BCUT2D eigenvalue weighted by molar-refractivity contribution is 5.76. The van der Waals surface area contributed by atoms with Crippen LogP contribution in [0, 0.1) is 0 Å². The van der Waals surface area contributed by atoms with Gasteiger partial charge in [0.25, 0.3) is 0 Å². The molecule has 1 amide bonds. The molecule has 6 heteroatoms. The molecule has 0 aliphatic carbocycles. The Hall–Kier alpha value is -1.56. The number of nitrogen functional groups attached to an aromatic ring is 1. The highest BCUT2D eigenvalue weighted by atomic mass is 16.3.